The highest BCUT2D eigenvalue weighted by atomic mass is 79.9. The minimum absolute atomic E-state index is 0.207. The van der Waals surface area contributed by atoms with Crippen molar-refractivity contribution in [1.82, 2.24) is 0 Å². The second-order valence-corrected chi connectivity index (χ2v) is 4.46. The van der Waals surface area contributed by atoms with Gasteiger partial charge in [0.1, 0.15) is 6.61 Å². The lowest BCUT2D eigenvalue weighted by atomic mass is 10.0. The van der Waals surface area contributed by atoms with Gasteiger partial charge >= 0.3 is 5.97 Å². The number of alkyl halides is 1. The molecule has 0 amide bonds. The van der Waals surface area contributed by atoms with E-state index >= 15 is 0 Å². The number of benzene rings is 2. The number of hydrogen-bond donors (Lipinski definition) is 0. The normalized spacial score (nSPS) is 13.9. The molecule has 16 heavy (non-hydrogen) atoms. The molecule has 0 radical (unpaired) electrons. The van der Waals surface area contributed by atoms with E-state index in [4.69, 9.17) is 4.74 Å². The third-order valence-corrected chi connectivity index (χ3v) is 3.51. The number of carbonyl (C=O) groups is 1. The van der Waals surface area contributed by atoms with Crippen LogP contribution in [0.3, 0.4) is 0 Å². The molecule has 3 rings (SSSR count). The quantitative estimate of drug-likeness (QED) is 0.590. The number of cyclic esters (lactones) is 1. The van der Waals surface area contributed by atoms with Crippen molar-refractivity contribution in [2.75, 3.05) is 0 Å². The van der Waals surface area contributed by atoms with E-state index in [0.717, 1.165) is 21.7 Å². The van der Waals surface area contributed by atoms with Crippen LogP contribution in [0, 0.1) is 0 Å². The van der Waals surface area contributed by atoms with E-state index in [-0.39, 0.29) is 5.97 Å². The Morgan fingerprint density at radius 2 is 2.06 bits per heavy atom. The SMILES string of the molecule is O=C1OCc2cc3ccc(CBr)cc3cc21. The minimum Gasteiger partial charge on any atom is -0.457 e. The van der Waals surface area contributed by atoms with Crippen LogP contribution < -0.4 is 0 Å². The Labute approximate surface area is 101 Å². The van der Waals surface area contributed by atoms with Gasteiger partial charge in [-0.25, -0.2) is 4.79 Å². The maximum atomic E-state index is 11.4. The average molecular weight is 277 g/mol. The topological polar surface area (TPSA) is 26.3 Å². The number of hydrogen-bond acceptors (Lipinski definition) is 2. The first-order valence-corrected chi connectivity index (χ1v) is 6.19. The molecule has 1 aliphatic rings. The third kappa shape index (κ3) is 1.43. The van der Waals surface area contributed by atoms with Crippen molar-refractivity contribution in [2.45, 2.75) is 11.9 Å². The summed E-state index contributed by atoms with van der Waals surface area (Å²) in [7, 11) is 0. The number of fused-ring (bicyclic) bond motifs is 2. The summed E-state index contributed by atoms with van der Waals surface area (Å²) in [6, 6.07) is 10.2. The summed E-state index contributed by atoms with van der Waals surface area (Å²) in [5.74, 6) is -0.207. The van der Waals surface area contributed by atoms with Crippen LogP contribution in [0.15, 0.2) is 30.3 Å². The lowest BCUT2D eigenvalue weighted by Gasteiger charge is -2.02. The van der Waals surface area contributed by atoms with Crippen LogP contribution >= 0.6 is 15.9 Å². The molecule has 0 fully saturated rings. The highest BCUT2D eigenvalue weighted by Crippen LogP contribution is 2.27. The summed E-state index contributed by atoms with van der Waals surface area (Å²) in [6.07, 6.45) is 0. The molecule has 80 valence electrons. The van der Waals surface area contributed by atoms with Crippen molar-refractivity contribution < 1.29 is 9.53 Å². The maximum absolute atomic E-state index is 11.4. The summed E-state index contributed by atoms with van der Waals surface area (Å²) in [5.41, 5.74) is 2.90. The Kier molecular flexibility index (Phi) is 2.21. The molecular weight excluding hydrogens is 268 g/mol. The molecule has 0 spiro atoms. The summed E-state index contributed by atoms with van der Waals surface area (Å²) in [4.78, 5) is 11.4. The van der Waals surface area contributed by atoms with E-state index < -0.39 is 0 Å². The Balaban J connectivity index is 2.27. The van der Waals surface area contributed by atoms with Gasteiger partial charge in [0.05, 0.1) is 5.56 Å². The second kappa shape index (κ2) is 3.59. The van der Waals surface area contributed by atoms with E-state index in [1.807, 2.05) is 12.1 Å². The molecule has 2 aromatic carbocycles. The number of halogens is 1. The average Bonchev–Trinajstić information content (AvgIpc) is 2.67. The summed E-state index contributed by atoms with van der Waals surface area (Å²) < 4.78 is 5.00. The molecule has 3 heteroatoms. The van der Waals surface area contributed by atoms with Crippen molar-refractivity contribution in [3.8, 4) is 0 Å². The first-order chi connectivity index (χ1) is 7.78. The van der Waals surface area contributed by atoms with Gasteiger partial charge in [-0.15, -0.1) is 0 Å². The van der Waals surface area contributed by atoms with Gasteiger partial charge in [0, 0.05) is 10.9 Å². The van der Waals surface area contributed by atoms with E-state index in [0.29, 0.717) is 12.2 Å². The zero-order chi connectivity index (χ0) is 11.1. The minimum atomic E-state index is -0.207. The maximum Gasteiger partial charge on any atom is 0.338 e. The highest BCUT2D eigenvalue weighted by Gasteiger charge is 2.21. The summed E-state index contributed by atoms with van der Waals surface area (Å²) >= 11 is 3.43. The fourth-order valence-corrected chi connectivity index (χ4v) is 2.36. The molecule has 2 nitrogen and oxygen atoms in total. The van der Waals surface area contributed by atoms with Gasteiger partial charge in [0.15, 0.2) is 0 Å². The van der Waals surface area contributed by atoms with Crippen LogP contribution in [0.1, 0.15) is 21.5 Å². The molecule has 0 saturated heterocycles. The third-order valence-electron chi connectivity index (χ3n) is 2.86. The highest BCUT2D eigenvalue weighted by molar-refractivity contribution is 9.08. The standard InChI is InChI=1S/C13H9BrO2/c14-6-8-1-2-9-4-11-7-16-13(15)12(11)5-10(9)3-8/h1-5H,6-7H2. The Morgan fingerprint density at radius 1 is 1.19 bits per heavy atom. The first kappa shape index (κ1) is 9.85. The second-order valence-electron chi connectivity index (χ2n) is 3.90. The lowest BCUT2D eigenvalue weighted by Crippen LogP contribution is -1.93. The van der Waals surface area contributed by atoms with Gasteiger partial charge in [0.25, 0.3) is 0 Å². The predicted molar refractivity (Wildman–Crippen MR) is 65.7 cm³/mol. The lowest BCUT2D eigenvalue weighted by molar-refractivity contribution is 0.0535. The van der Waals surface area contributed by atoms with Crippen molar-refractivity contribution in [3.05, 3.63) is 47.0 Å². The number of rotatable bonds is 1. The van der Waals surface area contributed by atoms with E-state index in [2.05, 4.69) is 34.1 Å². The van der Waals surface area contributed by atoms with Gasteiger partial charge in [0.2, 0.25) is 0 Å². The van der Waals surface area contributed by atoms with Crippen molar-refractivity contribution in [1.29, 1.82) is 0 Å². The Bertz CT molecular complexity index is 590. The molecular formula is C13H9BrO2. The van der Waals surface area contributed by atoms with Gasteiger partial charge < -0.3 is 4.74 Å². The van der Waals surface area contributed by atoms with E-state index in [1.54, 1.807) is 0 Å². The molecule has 0 atom stereocenters. The Morgan fingerprint density at radius 3 is 2.88 bits per heavy atom. The number of carbonyl (C=O) groups excluding carboxylic acids is 1. The number of ether oxygens (including phenoxy) is 1. The van der Waals surface area contributed by atoms with Crippen LogP contribution in [0.4, 0.5) is 0 Å². The molecule has 0 aromatic heterocycles. The van der Waals surface area contributed by atoms with E-state index in [9.17, 15) is 4.79 Å². The zero-order valence-corrected chi connectivity index (χ0v) is 10.1. The van der Waals surface area contributed by atoms with Crippen LogP contribution in [0.2, 0.25) is 0 Å². The molecule has 0 bridgehead atoms. The fourth-order valence-electron chi connectivity index (χ4n) is 2.01. The predicted octanol–water partition coefficient (Wildman–Crippen LogP) is 3.41. The molecule has 0 unspecified atom stereocenters. The van der Waals surface area contributed by atoms with Gasteiger partial charge in [-0.05, 0) is 28.5 Å². The molecule has 0 saturated carbocycles. The van der Waals surface area contributed by atoms with Crippen molar-refractivity contribution >= 4 is 32.7 Å². The van der Waals surface area contributed by atoms with Crippen LogP contribution in [0.5, 0.6) is 0 Å². The van der Waals surface area contributed by atoms with Crippen LogP contribution in [-0.2, 0) is 16.7 Å². The van der Waals surface area contributed by atoms with E-state index in [1.165, 1.54) is 5.56 Å². The van der Waals surface area contributed by atoms with Gasteiger partial charge in [-0.1, -0.05) is 34.1 Å². The zero-order valence-electron chi connectivity index (χ0n) is 8.50. The number of esters is 1. The molecule has 0 aliphatic carbocycles. The monoisotopic (exact) mass is 276 g/mol. The van der Waals surface area contributed by atoms with Gasteiger partial charge in [-0.2, -0.15) is 0 Å². The van der Waals surface area contributed by atoms with Crippen LogP contribution in [0.25, 0.3) is 10.8 Å². The van der Waals surface area contributed by atoms with Crippen LogP contribution in [-0.4, -0.2) is 5.97 Å². The first-order valence-electron chi connectivity index (χ1n) is 5.06. The molecule has 1 heterocycles. The molecule has 2 aromatic rings. The largest absolute Gasteiger partial charge is 0.457 e. The Hall–Kier alpha value is -1.35. The smallest absolute Gasteiger partial charge is 0.338 e. The van der Waals surface area contributed by atoms with Crippen molar-refractivity contribution in [3.63, 3.8) is 0 Å². The van der Waals surface area contributed by atoms with Crippen molar-refractivity contribution in [2.24, 2.45) is 0 Å². The molecule has 1 aliphatic heterocycles. The van der Waals surface area contributed by atoms with Gasteiger partial charge in [-0.3, -0.25) is 0 Å². The summed E-state index contributed by atoms with van der Waals surface area (Å²) in [6.45, 7) is 0.407. The molecule has 0 N–H and O–H groups in total. The fraction of sp³-hybridized carbons (Fsp3) is 0.154. The summed E-state index contributed by atoms with van der Waals surface area (Å²) in [5, 5.41) is 3.07.